The minimum Gasteiger partial charge on any atom is -0.396 e. The molecule has 0 amide bonds. The van der Waals surface area contributed by atoms with Crippen LogP contribution in [0.5, 0.6) is 0 Å². The van der Waals surface area contributed by atoms with Crippen molar-refractivity contribution in [1.82, 2.24) is 0 Å². The topological polar surface area (TPSA) is 20.2 Å². The molecule has 1 N–H and O–H groups in total. The van der Waals surface area contributed by atoms with Crippen molar-refractivity contribution in [3.8, 4) is 0 Å². The van der Waals surface area contributed by atoms with Gasteiger partial charge < -0.3 is 5.11 Å². The third-order valence-electron chi connectivity index (χ3n) is 5.85. The maximum Gasteiger partial charge on any atom is 0.0471 e. The Balaban J connectivity index is 2.14. The van der Waals surface area contributed by atoms with Crippen LogP contribution in [0, 0.1) is 5.92 Å². The average Bonchev–Trinajstić information content (AvgIpc) is 2.50. The highest BCUT2D eigenvalue weighted by atomic mass is 16.3. The van der Waals surface area contributed by atoms with Crippen LogP contribution in [0.4, 0.5) is 0 Å². The zero-order valence-corrected chi connectivity index (χ0v) is 12.1. The predicted molar refractivity (Wildman–Crippen MR) is 81.0 cm³/mol. The summed E-state index contributed by atoms with van der Waals surface area (Å²) in [6.45, 7) is 4.91. The Morgan fingerprint density at radius 2 is 1.35 bits per heavy atom. The fourth-order valence-corrected chi connectivity index (χ4v) is 4.73. The van der Waals surface area contributed by atoms with Crippen molar-refractivity contribution in [2.45, 2.75) is 31.1 Å². The fourth-order valence-electron chi connectivity index (χ4n) is 4.73. The lowest BCUT2D eigenvalue weighted by molar-refractivity contribution is 0.122. The smallest absolute Gasteiger partial charge is 0.0471 e. The van der Waals surface area contributed by atoms with E-state index >= 15 is 0 Å². The van der Waals surface area contributed by atoms with Gasteiger partial charge in [0.1, 0.15) is 0 Å². The third-order valence-corrected chi connectivity index (χ3v) is 5.85. The molecule has 2 aromatic carbocycles. The lowest BCUT2D eigenvalue weighted by Crippen LogP contribution is -2.53. The van der Waals surface area contributed by atoms with Gasteiger partial charge in [-0.25, -0.2) is 0 Å². The molecule has 3 aliphatic rings. The molecule has 0 heterocycles. The summed E-state index contributed by atoms with van der Waals surface area (Å²) < 4.78 is 0. The van der Waals surface area contributed by atoms with Crippen molar-refractivity contribution in [2.24, 2.45) is 5.92 Å². The second-order valence-electron chi connectivity index (χ2n) is 6.71. The standard InChI is InChI=1S/C19H20O/c1-18-11-13(12-20)19(2,16-9-5-3-7-14(16)18)17-10-6-4-8-15(17)18/h3-10,13,20H,11-12H2,1-2H3/t13-,18?,19?/m1/s1. The second kappa shape index (κ2) is 3.73. The highest BCUT2D eigenvalue weighted by molar-refractivity contribution is 5.62. The third kappa shape index (κ3) is 1.18. The van der Waals surface area contributed by atoms with Crippen molar-refractivity contribution in [1.29, 1.82) is 0 Å². The van der Waals surface area contributed by atoms with E-state index in [0.717, 1.165) is 6.42 Å². The Morgan fingerprint density at radius 3 is 1.80 bits per heavy atom. The molecule has 0 aromatic heterocycles. The molecule has 2 aromatic rings. The Kier molecular flexibility index (Phi) is 2.27. The average molecular weight is 264 g/mol. The highest BCUT2D eigenvalue weighted by Crippen LogP contribution is 2.61. The Bertz CT molecular complexity index is 638. The van der Waals surface area contributed by atoms with E-state index in [9.17, 15) is 5.11 Å². The Hall–Kier alpha value is -1.60. The van der Waals surface area contributed by atoms with E-state index in [1.807, 2.05) is 0 Å². The summed E-state index contributed by atoms with van der Waals surface area (Å²) in [7, 11) is 0. The van der Waals surface area contributed by atoms with E-state index in [1.54, 1.807) is 0 Å². The maximum absolute atomic E-state index is 9.94. The van der Waals surface area contributed by atoms with Crippen molar-refractivity contribution < 1.29 is 5.11 Å². The van der Waals surface area contributed by atoms with Gasteiger partial charge in [0.25, 0.3) is 0 Å². The summed E-state index contributed by atoms with van der Waals surface area (Å²) in [6.07, 6.45) is 1.04. The summed E-state index contributed by atoms with van der Waals surface area (Å²) in [5.41, 5.74) is 5.70. The van der Waals surface area contributed by atoms with Crippen LogP contribution in [-0.2, 0) is 10.8 Å². The molecule has 0 saturated carbocycles. The molecule has 0 unspecified atom stereocenters. The first-order chi connectivity index (χ1) is 9.62. The van der Waals surface area contributed by atoms with Crippen LogP contribution in [0.1, 0.15) is 42.5 Å². The molecule has 0 spiro atoms. The molecule has 102 valence electrons. The van der Waals surface area contributed by atoms with Crippen LogP contribution < -0.4 is 0 Å². The van der Waals surface area contributed by atoms with Gasteiger partial charge in [0.15, 0.2) is 0 Å². The molecule has 0 saturated heterocycles. The van der Waals surface area contributed by atoms with Gasteiger partial charge in [-0.1, -0.05) is 62.4 Å². The van der Waals surface area contributed by atoms with E-state index in [0.29, 0.717) is 5.92 Å². The first-order valence-corrected chi connectivity index (χ1v) is 7.43. The number of benzene rings is 2. The molecule has 20 heavy (non-hydrogen) atoms. The molecular formula is C19H20O. The zero-order chi connectivity index (χ0) is 14.0. The minimum absolute atomic E-state index is 0.0400. The van der Waals surface area contributed by atoms with Crippen LogP contribution in [0.25, 0.3) is 0 Å². The van der Waals surface area contributed by atoms with Crippen molar-refractivity contribution in [3.63, 3.8) is 0 Å². The summed E-state index contributed by atoms with van der Waals surface area (Å²) in [4.78, 5) is 0. The number of fused-ring (bicyclic) bond motifs is 1. The van der Waals surface area contributed by atoms with Gasteiger partial charge in [0, 0.05) is 17.4 Å². The summed E-state index contributed by atoms with van der Waals surface area (Å²) in [5, 5.41) is 9.94. The van der Waals surface area contributed by atoms with E-state index in [2.05, 4.69) is 62.4 Å². The lowest BCUT2D eigenvalue weighted by Gasteiger charge is -2.57. The lowest BCUT2D eigenvalue weighted by atomic mass is 9.46. The molecule has 1 heteroatoms. The summed E-state index contributed by atoms with van der Waals surface area (Å²) in [5.74, 6) is 0.303. The van der Waals surface area contributed by atoms with E-state index in [4.69, 9.17) is 0 Å². The fraction of sp³-hybridized carbons (Fsp3) is 0.368. The quantitative estimate of drug-likeness (QED) is 0.834. The van der Waals surface area contributed by atoms with Gasteiger partial charge in [-0.15, -0.1) is 0 Å². The van der Waals surface area contributed by atoms with E-state index < -0.39 is 0 Å². The largest absolute Gasteiger partial charge is 0.396 e. The Morgan fingerprint density at radius 1 is 0.900 bits per heavy atom. The summed E-state index contributed by atoms with van der Waals surface area (Å²) in [6, 6.07) is 17.6. The van der Waals surface area contributed by atoms with Crippen molar-refractivity contribution >= 4 is 0 Å². The van der Waals surface area contributed by atoms with Gasteiger partial charge in [-0.2, -0.15) is 0 Å². The van der Waals surface area contributed by atoms with Crippen LogP contribution in [0.15, 0.2) is 48.5 Å². The van der Waals surface area contributed by atoms with Crippen LogP contribution >= 0.6 is 0 Å². The summed E-state index contributed by atoms with van der Waals surface area (Å²) >= 11 is 0. The van der Waals surface area contributed by atoms with E-state index in [-0.39, 0.29) is 17.4 Å². The molecule has 0 aliphatic heterocycles. The SMILES string of the molecule is CC12C[C@H](CO)C(C)(c3ccccc31)c1ccccc12. The van der Waals surface area contributed by atoms with Gasteiger partial charge in [-0.3, -0.25) is 0 Å². The monoisotopic (exact) mass is 264 g/mol. The van der Waals surface area contributed by atoms with Crippen LogP contribution in [0.3, 0.4) is 0 Å². The first-order valence-electron chi connectivity index (χ1n) is 7.43. The number of rotatable bonds is 1. The van der Waals surface area contributed by atoms with E-state index in [1.165, 1.54) is 22.3 Å². The second-order valence-corrected chi connectivity index (χ2v) is 6.71. The predicted octanol–water partition coefficient (Wildman–Crippen LogP) is 3.62. The molecule has 1 nitrogen and oxygen atoms in total. The molecule has 1 atom stereocenters. The molecule has 5 rings (SSSR count). The first kappa shape index (κ1) is 12.2. The molecule has 0 fully saturated rings. The van der Waals surface area contributed by atoms with Gasteiger partial charge in [0.05, 0.1) is 0 Å². The number of hydrogen-bond acceptors (Lipinski definition) is 1. The maximum atomic E-state index is 9.94. The zero-order valence-electron chi connectivity index (χ0n) is 12.1. The number of hydrogen-bond donors (Lipinski definition) is 1. The van der Waals surface area contributed by atoms with Crippen molar-refractivity contribution in [3.05, 3.63) is 70.8 Å². The number of aliphatic hydroxyl groups is 1. The minimum atomic E-state index is -0.0559. The molecule has 2 bridgehead atoms. The number of aliphatic hydroxyl groups excluding tert-OH is 1. The Labute approximate surface area is 120 Å². The molecule has 3 aliphatic carbocycles. The molecular weight excluding hydrogens is 244 g/mol. The van der Waals surface area contributed by atoms with Crippen molar-refractivity contribution in [2.75, 3.05) is 6.61 Å². The normalized spacial score (nSPS) is 33.6. The molecule has 0 radical (unpaired) electrons. The van der Waals surface area contributed by atoms with Crippen LogP contribution in [0.2, 0.25) is 0 Å². The van der Waals surface area contributed by atoms with Crippen LogP contribution in [-0.4, -0.2) is 11.7 Å². The van der Waals surface area contributed by atoms with Gasteiger partial charge in [-0.05, 0) is 34.6 Å². The van der Waals surface area contributed by atoms with Gasteiger partial charge in [0.2, 0.25) is 0 Å². The highest BCUT2D eigenvalue weighted by Gasteiger charge is 2.55. The van der Waals surface area contributed by atoms with Gasteiger partial charge >= 0.3 is 0 Å².